The fraction of sp³-hybridized carbons (Fsp3) is 0.0714. The molecule has 0 aliphatic carbocycles. The van der Waals surface area contributed by atoms with Crippen molar-refractivity contribution in [2.45, 2.75) is 6.92 Å². The van der Waals surface area contributed by atoms with Crippen molar-refractivity contribution in [2.24, 2.45) is 0 Å². The van der Waals surface area contributed by atoms with Gasteiger partial charge in [-0.05, 0) is 36.8 Å². The van der Waals surface area contributed by atoms with Crippen molar-refractivity contribution < 1.29 is 4.42 Å². The third-order valence-electron chi connectivity index (χ3n) is 2.91. The molecule has 2 N–H and O–H groups in total. The largest absolute Gasteiger partial charge is 0.463 e. The Morgan fingerprint density at radius 3 is 2.90 bits per heavy atom. The molecule has 0 radical (unpaired) electrons. The van der Waals surface area contributed by atoms with Gasteiger partial charge in [0.2, 0.25) is 0 Å². The number of rotatable bonds is 2. The van der Waals surface area contributed by atoms with E-state index in [0.29, 0.717) is 17.3 Å². The Morgan fingerprint density at radius 1 is 1.40 bits per heavy atom. The van der Waals surface area contributed by atoms with Crippen LogP contribution in [0.2, 0.25) is 0 Å². The number of pyridine rings is 1. The summed E-state index contributed by atoms with van der Waals surface area (Å²) in [6, 6.07) is 9.25. The number of anilines is 1. The molecule has 3 aromatic heterocycles. The number of nitrogen functional groups attached to an aromatic ring is 1. The quantitative estimate of drug-likeness (QED) is 0.767. The minimum atomic E-state index is 0.247. The lowest BCUT2D eigenvalue weighted by molar-refractivity contribution is 0.578. The van der Waals surface area contributed by atoms with Crippen molar-refractivity contribution in [1.82, 2.24) is 14.8 Å². The van der Waals surface area contributed by atoms with E-state index in [2.05, 4.69) is 16.2 Å². The van der Waals surface area contributed by atoms with Gasteiger partial charge in [-0.15, -0.1) is 0 Å². The van der Waals surface area contributed by atoms with Gasteiger partial charge in [-0.25, -0.2) is 4.98 Å². The lowest BCUT2D eigenvalue weighted by atomic mass is 10.2. The summed E-state index contributed by atoms with van der Waals surface area (Å²) in [6.07, 6.45) is 3.20. The van der Waals surface area contributed by atoms with Crippen LogP contribution < -0.4 is 5.73 Å². The second-order valence-corrected chi connectivity index (χ2v) is 4.30. The highest BCUT2D eigenvalue weighted by atomic mass is 16.3. The summed E-state index contributed by atoms with van der Waals surface area (Å²) in [5.74, 6) is 1.31. The van der Waals surface area contributed by atoms with Gasteiger partial charge in [0.05, 0.1) is 6.26 Å². The maximum absolute atomic E-state index is 9.27. The average Bonchev–Trinajstić information content (AvgIpc) is 3.05. The van der Waals surface area contributed by atoms with Gasteiger partial charge >= 0.3 is 0 Å². The second kappa shape index (κ2) is 4.55. The third kappa shape index (κ3) is 1.82. The zero-order valence-corrected chi connectivity index (χ0v) is 10.7. The molecule has 0 spiro atoms. The highest BCUT2D eigenvalue weighted by Crippen LogP contribution is 2.28. The molecule has 20 heavy (non-hydrogen) atoms. The molecule has 3 rings (SSSR count). The second-order valence-electron chi connectivity index (χ2n) is 4.30. The molecule has 0 aliphatic rings. The van der Waals surface area contributed by atoms with Crippen LogP contribution in [0.5, 0.6) is 0 Å². The SMILES string of the molecule is Cc1ccnc(-n2nc(-c3ccco3)c(C#N)c2N)c1. The molecule has 0 saturated heterocycles. The summed E-state index contributed by atoms with van der Waals surface area (Å²) in [6.45, 7) is 1.95. The van der Waals surface area contributed by atoms with Crippen LogP contribution in [-0.4, -0.2) is 14.8 Å². The first-order chi connectivity index (χ1) is 9.70. The van der Waals surface area contributed by atoms with Gasteiger partial charge in [0.25, 0.3) is 0 Å². The maximum atomic E-state index is 9.27. The Bertz CT molecular complexity index is 796. The summed E-state index contributed by atoms with van der Waals surface area (Å²) >= 11 is 0. The van der Waals surface area contributed by atoms with Crippen LogP contribution in [0.25, 0.3) is 17.3 Å². The van der Waals surface area contributed by atoms with Gasteiger partial charge in [-0.2, -0.15) is 15.0 Å². The van der Waals surface area contributed by atoms with E-state index in [9.17, 15) is 5.26 Å². The Morgan fingerprint density at radius 2 is 2.25 bits per heavy atom. The van der Waals surface area contributed by atoms with Crippen LogP contribution >= 0.6 is 0 Å². The fourth-order valence-electron chi connectivity index (χ4n) is 1.94. The van der Waals surface area contributed by atoms with Gasteiger partial charge in [0.1, 0.15) is 23.1 Å². The Labute approximate surface area is 115 Å². The van der Waals surface area contributed by atoms with Crippen LogP contribution in [0.4, 0.5) is 5.82 Å². The van der Waals surface area contributed by atoms with Crippen molar-refractivity contribution in [3.63, 3.8) is 0 Å². The van der Waals surface area contributed by atoms with Crippen LogP contribution in [0, 0.1) is 18.3 Å². The first-order valence-corrected chi connectivity index (χ1v) is 5.96. The van der Waals surface area contributed by atoms with Gasteiger partial charge in [-0.1, -0.05) is 0 Å². The van der Waals surface area contributed by atoms with Gasteiger partial charge in [-0.3, -0.25) is 0 Å². The topological polar surface area (TPSA) is 93.7 Å². The molecule has 0 bridgehead atoms. The standard InChI is InChI=1S/C14H11N5O/c1-9-4-5-17-12(7-9)19-14(16)10(8-15)13(18-19)11-3-2-6-20-11/h2-7H,16H2,1H3. The zero-order chi connectivity index (χ0) is 14.1. The fourth-order valence-corrected chi connectivity index (χ4v) is 1.94. The van der Waals surface area contributed by atoms with E-state index in [1.165, 1.54) is 10.9 Å². The van der Waals surface area contributed by atoms with E-state index in [-0.39, 0.29) is 11.4 Å². The number of aryl methyl sites for hydroxylation is 1. The van der Waals surface area contributed by atoms with E-state index < -0.39 is 0 Å². The molecular formula is C14H11N5O. The summed E-state index contributed by atoms with van der Waals surface area (Å²) in [5.41, 5.74) is 7.73. The molecule has 0 unspecified atom stereocenters. The number of nitrogens with two attached hydrogens (primary N) is 1. The first kappa shape index (κ1) is 12.0. The highest BCUT2D eigenvalue weighted by Gasteiger charge is 2.20. The third-order valence-corrected chi connectivity index (χ3v) is 2.91. The zero-order valence-electron chi connectivity index (χ0n) is 10.7. The highest BCUT2D eigenvalue weighted by molar-refractivity contribution is 5.70. The monoisotopic (exact) mass is 265 g/mol. The van der Waals surface area contributed by atoms with Gasteiger partial charge in [0.15, 0.2) is 11.6 Å². The molecule has 0 fully saturated rings. The van der Waals surface area contributed by atoms with Crippen molar-refractivity contribution in [3.05, 3.63) is 47.9 Å². The van der Waals surface area contributed by atoms with Crippen LogP contribution in [0.3, 0.4) is 0 Å². The van der Waals surface area contributed by atoms with E-state index in [1.54, 1.807) is 18.3 Å². The molecule has 6 nitrogen and oxygen atoms in total. The molecule has 3 aromatic rings. The van der Waals surface area contributed by atoms with Crippen molar-refractivity contribution in [3.8, 4) is 23.3 Å². The number of nitrogens with zero attached hydrogens (tertiary/aromatic N) is 4. The number of aromatic nitrogens is 3. The normalized spacial score (nSPS) is 10.4. The number of furan rings is 1. The summed E-state index contributed by atoms with van der Waals surface area (Å²) in [7, 11) is 0. The molecule has 0 atom stereocenters. The van der Waals surface area contributed by atoms with Crippen molar-refractivity contribution in [2.75, 3.05) is 5.73 Å². The Hall–Kier alpha value is -3.07. The van der Waals surface area contributed by atoms with Crippen LogP contribution in [0.1, 0.15) is 11.1 Å². The lowest BCUT2D eigenvalue weighted by Gasteiger charge is -2.03. The van der Waals surface area contributed by atoms with Crippen molar-refractivity contribution in [1.29, 1.82) is 5.26 Å². The van der Waals surface area contributed by atoms with Gasteiger partial charge < -0.3 is 10.2 Å². The van der Waals surface area contributed by atoms with Gasteiger partial charge in [0, 0.05) is 6.20 Å². The lowest BCUT2D eigenvalue weighted by Crippen LogP contribution is -2.04. The molecule has 0 aromatic carbocycles. The number of hydrogen-bond acceptors (Lipinski definition) is 5. The maximum Gasteiger partial charge on any atom is 0.155 e. The average molecular weight is 265 g/mol. The minimum absolute atomic E-state index is 0.247. The van der Waals surface area contributed by atoms with Crippen molar-refractivity contribution >= 4 is 5.82 Å². The summed E-state index contributed by atoms with van der Waals surface area (Å²) in [4.78, 5) is 4.22. The van der Waals surface area contributed by atoms with E-state index in [0.717, 1.165) is 5.56 Å². The molecular weight excluding hydrogens is 254 g/mol. The smallest absolute Gasteiger partial charge is 0.155 e. The summed E-state index contributed by atoms with van der Waals surface area (Å²) < 4.78 is 6.73. The first-order valence-electron chi connectivity index (χ1n) is 5.96. The van der Waals surface area contributed by atoms with E-state index in [4.69, 9.17) is 10.2 Å². The summed E-state index contributed by atoms with van der Waals surface area (Å²) in [5, 5.41) is 13.6. The molecule has 0 saturated carbocycles. The molecule has 0 aliphatic heterocycles. The Balaban J connectivity index is 2.22. The van der Waals surface area contributed by atoms with E-state index >= 15 is 0 Å². The van der Waals surface area contributed by atoms with Crippen LogP contribution in [-0.2, 0) is 0 Å². The number of hydrogen-bond donors (Lipinski definition) is 1. The van der Waals surface area contributed by atoms with E-state index in [1.807, 2.05) is 19.1 Å². The predicted octanol–water partition coefficient (Wildman–Crippen LogP) is 2.29. The minimum Gasteiger partial charge on any atom is -0.463 e. The molecule has 0 amide bonds. The number of nitriles is 1. The molecule has 6 heteroatoms. The Kier molecular flexibility index (Phi) is 2.73. The van der Waals surface area contributed by atoms with Crippen LogP contribution in [0.15, 0.2) is 41.1 Å². The molecule has 3 heterocycles. The molecule has 98 valence electrons. The predicted molar refractivity (Wildman–Crippen MR) is 72.9 cm³/mol.